The average Bonchev–Trinajstić information content (AvgIpc) is 3.58. The summed E-state index contributed by atoms with van der Waals surface area (Å²) in [6.07, 6.45) is 5.59. The molecule has 2 aliphatic rings. The Morgan fingerprint density at radius 2 is 1.98 bits per heavy atom. The molecule has 0 amide bonds. The molecule has 1 aliphatic carbocycles. The van der Waals surface area contributed by atoms with Crippen molar-refractivity contribution in [1.82, 2.24) is 30.0 Å². The molecule has 2 N–H and O–H groups in total. The van der Waals surface area contributed by atoms with Crippen LogP contribution in [0.3, 0.4) is 0 Å². The molecule has 4 heterocycles. The predicted molar refractivity (Wildman–Crippen MR) is 161 cm³/mol. The summed E-state index contributed by atoms with van der Waals surface area (Å²) in [5.41, 5.74) is 5.17. The fourth-order valence-corrected chi connectivity index (χ4v) is 6.99. The molecule has 5 aromatic rings. The second kappa shape index (κ2) is 11.4. The molecular weight excluding hydrogens is 561 g/mol. The van der Waals surface area contributed by atoms with Crippen LogP contribution in [-0.4, -0.2) is 57.4 Å². The van der Waals surface area contributed by atoms with E-state index in [1.165, 1.54) is 28.1 Å². The summed E-state index contributed by atoms with van der Waals surface area (Å²) in [5.74, 6) is 0.995. The quantitative estimate of drug-likeness (QED) is 0.241. The van der Waals surface area contributed by atoms with Crippen LogP contribution in [0.2, 0.25) is 5.02 Å². The van der Waals surface area contributed by atoms with Gasteiger partial charge >= 0.3 is 0 Å². The lowest BCUT2D eigenvalue weighted by Gasteiger charge is -2.26. The Bertz CT molecular complexity index is 1710. The molecule has 1 fully saturated rings. The molecular formula is C30H29ClFN7OS. The number of hydrogen-bond acceptors (Lipinski definition) is 8. The Balaban J connectivity index is 1.10. The number of nitrogens with zero attached hydrogens (tertiary/aromatic N) is 5. The highest BCUT2D eigenvalue weighted by molar-refractivity contribution is 7.22. The molecule has 8 nitrogen and oxygen atoms in total. The fraction of sp³-hybridized carbons (Fsp3) is 0.300. The molecule has 1 aliphatic heterocycles. The number of aromatic nitrogens is 4. The third kappa shape index (κ3) is 5.52. The average molecular weight is 590 g/mol. The minimum absolute atomic E-state index is 0.228. The van der Waals surface area contributed by atoms with Gasteiger partial charge in [0.15, 0.2) is 0 Å². The molecule has 2 aromatic carbocycles. The highest BCUT2D eigenvalue weighted by atomic mass is 35.5. The SMILES string of the molecule is Fc1cccc(COc2ccc(Nc3ncnc4sc5c(c34)CCc3nn(CCN4CCNCC4)cc3-5)cc2Cl)c1. The highest BCUT2D eigenvalue weighted by Gasteiger charge is 2.26. The first-order valence-corrected chi connectivity index (χ1v) is 15.0. The number of aryl methyl sites for hydroxylation is 2. The first-order chi connectivity index (χ1) is 20.1. The summed E-state index contributed by atoms with van der Waals surface area (Å²) >= 11 is 8.26. The van der Waals surface area contributed by atoms with Gasteiger partial charge in [-0.15, -0.1) is 11.3 Å². The van der Waals surface area contributed by atoms with Crippen molar-refractivity contribution in [3.05, 3.63) is 82.6 Å². The van der Waals surface area contributed by atoms with Crippen LogP contribution < -0.4 is 15.4 Å². The third-order valence-electron chi connectivity index (χ3n) is 7.61. The maximum Gasteiger partial charge on any atom is 0.142 e. The summed E-state index contributed by atoms with van der Waals surface area (Å²) in [6, 6.07) is 11.9. The largest absolute Gasteiger partial charge is 0.487 e. The molecule has 1 saturated heterocycles. The molecule has 0 radical (unpaired) electrons. The van der Waals surface area contributed by atoms with E-state index in [0.29, 0.717) is 10.8 Å². The van der Waals surface area contributed by atoms with Crippen molar-refractivity contribution >= 4 is 44.7 Å². The lowest BCUT2D eigenvalue weighted by molar-refractivity contribution is 0.229. The third-order valence-corrected chi connectivity index (χ3v) is 9.08. The number of nitrogens with one attached hydrogen (secondary N) is 2. The van der Waals surface area contributed by atoms with Crippen molar-refractivity contribution in [2.45, 2.75) is 26.0 Å². The van der Waals surface area contributed by atoms with Crippen molar-refractivity contribution < 1.29 is 9.13 Å². The van der Waals surface area contributed by atoms with E-state index < -0.39 is 0 Å². The molecule has 41 heavy (non-hydrogen) atoms. The molecule has 0 atom stereocenters. The number of hydrogen-bond donors (Lipinski definition) is 2. The van der Waals surface area contributed by atoms with Crippen LogP contribution >= 0.6 is 22.9 Å². The molecule has 0 saturated carbocycles. The smallest absolute Gasteiger partial charge is 0.142 e. The van der Waals surface area contributed by atoms with Gasteiger partial charge in [0.1, 0.15) is 35.1 Å². The van der Waals surface area contributed by atoms with E-state index in [1.807, 2.05) is 24.3 Å². The van der Waals surface area contributed by atoms with E-state index >= 15 is 0 Å². The zero-order valence-corrected chi connectivity index (χ0v) is 23.9. The van der Waals surface area contributed by atoms with Gasteiger partial charge in [-0.05, 0) is 54.3 Å². The summed E-state index contributed by atoms with van der Waals surface area (Å²) in [4.78, 5) is 13.9. The Kier molecular flexibility index (Phi) is 7.30. The second-order valence-electron chi connectivity index (χ2n) is 10.3. The molecule has 0 spiro atoms. The van der Waals surface area contributed by atoms with Crippen LogP contribution in [0, 0.1) is 5.82 Å². The fourth-order valence-electron chi connectivity index (χ4n) is 5.53. The minimum atomic E-state index is -0.292. The van der Waals surface area contributed by atoms with Gasteiger partial charge in [0, 0.05) is 55.0 Å². The lowest BCUT2D eigenvalue weighted by Crippen LogP contribution is -2.44. The number of piperazine rings is 1. The predicted octanol–water partition coefficient (Wildman–Crippen LogP) is 5.67. The number of ether oxygens (including phenoxy) is 1. The van der Waals surface area contributed by atoms with E-state index in [1.54, 1.807) is 23.7 Å². The summed E-state index contributed by atoms with van der Waals surface area (Å²) in [7, 11) is 0. The summed E-state index contributed by atoms with van der Waals surface area (Å²) < 4.78 is 21.4. The zero-order valence-electron chi connectivity index (χ0n) is 22.4. The zero-order chi connectivity index (χ0) is 27.8. The minimum Gasteiger partial charge on any atom is -0.487 e. The normalized spacial score (nSPS) is 15.1. The molecule has 7 rings (SSSR count). The Hall–Kier alpha value is -3.57. The van der Waals surface area contributed by atoms with Crippen LogP contribution in [0.1, 0.15) is 16.8 Å². The van der Waals surface area contributed by atoms with Crippen molar-refractivity contribution in [2.24, 2.45) is 0 Å². The highest BCUT2D eigenvalue weighted by Crippen LogP contribution is 2.45. The van der Waals surface area contributed by atoms with Gasteiger partial charge in [0.25, 0.3) is 0 Å². The van der Waals surface area contributed by atoms with Crippen LogP contribution in [0.25, 0.3) is 20.7 Å². The molecule has 3 aromatic heterocycles. The number of halogens is 2. The first-order valence-electron chi connectivity index (χ1n) is 13.8. The topological polar surface area (TPSA) is 80.1 Å². The molecule has 11 heteroatoms. The molecule has 0 unspecified atom stereocenters. The van der Waals surface area contributed by atoms with E-state index in [0.717, 1.165) is 85.1 Å². The standard InChI is InChI=1S/C30H29ClFN7OS/c31-24-15-21(4-7-26(24)40-17-19-2-1-3-20(32)14-19)36-29-27-22-5-6-25-23(28(22)41-30(27)35-18-34-29)16-39(37-25)13-12-38-10-8-33-9-11-38/h1-4,7,14-16,18,33H,5-6,8-13,17H2,(H,34,35,36). The first kappa shape index (κ1) is 26.3. The Morgan fingerprint density at radius 3 is 2.83 bits per heavy atom. The molecule has 210 valence electrons. The number of thiophene rings is 1. The number of benzene rings is 2. The van der Waals surface area contributed by atoms with E-state index in [4.69, 9.17) is 21.4 Å². The van der Waals surface area contributed by atoms with Gasteiger partial charge < -0.3 is 15.4 Å². The number of rotatable bonds is 8. The molecule has 0 bridgehead atoms. The lowest BCUT2D eigenvalue weighted by atomic mass is 9.95. The number of fused-ring (bicyclic) bond motifs is 5. The van der Waals surface area contributed by atoms with E-state index in [2.05, 4.69) is 36.4 Å². The van der Waals surface area contributed by atoms with Gasteiger partial charge in [-0.3, -0.25) is 9.58 Å². The van der Waals surface area contributed by atoms with E-state index in [9.17, 15) is 4.39 Å². The van der Waals surface area contributed by atoms with Gasteiger partial charge in [0.2, 0.25) is 0 Å². The Morgan fingerprint density at radius 1 is 1.07 bits per heavy atom. The van der Waals surface area contributed by atoms with Gasteiger partial charge in [-0.2, -0.15) is 5.10 Å². The van der Waals surface area contributed by atoms with Gasteiger partial charge in [-0.1, -0.05) is 23.7 Å². The Labute approximate surface area is 246 Å². The van der Waals surface area contributed by atoms with Crippen molar-refractivity contribution in [1.29, 1.82) is 0 Å². The van der Waals surface area contributed by atoms with Crippen LogP contribution in [0.15, 0.2) is 55.0 Å². The van der Waals surface area contributed by atoms with Gasteiger partial charge in [0.05, 0.1) is 22.6 Å². The second-order valence-corrected chi connectivity index (χ2v) is 11.8. The van der Waals surface area contributed by atoms with Crippen LogP contribution in [-0.2, 0) is 26.0 Å². The maximum atomic E-state index is 13.5. The van der Waals surface area contributed by atoms with Crippen LogP contribution in [0.5, 0.6) is 5.75 Å². The van der Waals surface area contributed by atoms with Crippen LogP contribution in [0.4, 0.5) is 15.9 Å². The number of anilines is 2. The van der Waals surface area contributed by atoms with Crippen molar-refractivity contribution in [2.75, 3.05) is 38.0 Å². The van der Waals surface area contributed by atoms with E-state index in [-0.39, 0.29) is 12.4 Å². The monoisotopic (exact) mass is 589 g/mol. The van der Waals surface area contributed by atoms with Gasteiger partial charge in [-0.25, -0.2) is 14.4 Å². The maximum absolute atomic E-state index is 13.5. The van der Waals surface area contributed by atoms with Crippen molar-refractivity contribution in [3.63, 3.8) is 0 Å². The van der Waals surface area contributed by atoms with Crippen molar-refractivity contribution in [3.8, 4) is 16.2 Å². The summed E-state index contributed by atoms with van der Waals surface area (Å²) in [6.45, 7) is 6.42. The summed E-state index contributed by atoms with van der Waals surface area (Å²) in [5, 5.41) is 13.3.